The standard InChI is InChI=1S/C15H14N2O5/c16-6-8-1-2-9-3-4-17(14(21)10(9)5-8)15-13(20)12(19)11(7-18)22-15/h1-5,11-13,15,18-20H,7H2/t11-,12-,13-,15-/m1/s1. The first kappa shape index (κ1) is 14.7. The second kappa shape index (κ2) is 5.51. The SMILES string of the molecule is N#Cc1ccc2ccn([C@@H]3O[C@H](CO)[C@@H](O)[C@H]3O)c(=O)c2c1. The Balaban J connectivity index is 2.11. The van der Waals surface area contributed by atoms with Gasteiger partial charge in [0, 0.05) is 11.6 Å². The summed E-state index contributed by atoms with van der Waals surface area (Å²) < 4.78 is 6.52. The van der Waals surface area contributed by atoms with E-state index in [1.807, 2.05) is 6.07 Å². The molecule has 0 spiro atoms. The second-order valence-corrected chi connectivity index (χ2v) is 5.17. The number of nitrogens with zero attached hydrogens (tertiary/aromatic N) is 2. The van der Waals surface area contributed by atoms with E-state index in [0.29, 0.717) is 16.3 Å². The third kappa shape index (κ3) is 2.19. The quantitative estimate of drug-likeness (QED) is 0.688. The first-order chi connectivity index (χ1) is 10.6. The van der Waals surface area contributed by atoms with E-state index in [9.17, 15) is 15.0 Å². The fourth-order valence-electron chi connectivity index (χ4n) is 2.63. The molecule has 22 heavy (non-hydrogen) atoms. The van der Waals surface area contributed by atoms with Gasteiger partial charge in [0.05, 0.1) is 18.2 Å². The minimum atomic E-state index is -1.33. The molecular weight excluding hydrogens is 288 g/mol. The van der Waals surface area contributed by atoms with Crippen molar-refractivity contribution in [2.75, 3.05) is 6.61 Å². The van der Waals surface area contributed by atoms with Gasteiger partial charge in [-0.2, -0.15) is 5.26 Å². The van der Waals surface area contributed by atoms with Crippen molar-refractivity contribution in [1.82, 2.24) is 4.57 Å². The van der Waals surface area contributed by atoms with Crippen LogP contribution in [0.25, 0.3) is 10.8 Å². The predicted molar refractivity (Wildman–Crippen MR) is 75.9 cm³/mol. The average molecular weight is 302 g/mol. The van der Waals surface area contributed by atoms with Crippen LogP contribution in [0.3, 0.4) is 0 Å². The molecule has 0 saturated carbocycles. The van der Waals surface area contributed by atoms with Crippen LogP contribution in [0.1, 0.15) is 11.8 Å². The van der Waals surface area contributed by atoms with Gasteiger partial charge in [0.15, 0.2) is 6.23 Å². The Morgan fingerprint density at radius 3 is 2.68 bits per heavy atom. The zero-order valence-corrected chi connectivity index (χ0v) is 11.5. The van der Waals surface area contributed by atoms with Gasteiger partial charge >= 0.3 is 0 Å². The van der Waals surface area contributed by atoms with Crippen LogP contribution in [0.15, 0.2) is 35.3 Å². The number of aliphatic hydroxyl groups excluding tert-OH is 3. The van der Waals surface area contributed by atoms with Crippen LogP contribution in [0.4, 0.5) is 0 Å². The van der Waals surface area contributed by atoms with Gasteiger partial charge in [0.2, 0.25) is 0 Å². The highest BCUT2D eigenvalue weighted by Gasteiger charge is 2.43. The molecule has 7 nitrogen and oxygen atoms in total. The van der Waals surface area contributed by atoms with E-state index in [0.717, 1.165) is 4.57 Å². The first-order valence-corrected chi connectivity index (χ1v) is 6.74. The van der Waals surface area contributed by atoms with Gasteiger partial charge in [0.1, 0.15) is 18.3 Å². The molecule has 114 valence electrons. The van der Waals surface area contributed by atoms with Crippen LogP contribution >= 0.6 is 0 Å². The lowest BCUT2D eigenvalue weighted by molar-refractivity contribution is -0.0541. The highest BCUT2D eigenvalue weighted by Crippen LogP contribution is 2.28. The van der Waals surface area contributed by atoms with E-state index in [4.69, 9.17) is 15.1 Å². The summed E-state index contributed by atoms with van der Waals surface area (Å²) >= 11 is 0. The Kier molecular flexibility index (Phi) is 3.68. The van der Waals surface area contributed by atoms with Crippen LogP contribution < -0.4 is 5.56 Å². The molecule has 2 heterocycles. The summed E-state index contributed by atoms with van der Waals surface area (Å²) in [4.78, 5) is 12.5. The van der Waals surface area contributed by atoms with Crippen molar-refractivity contribution in [2.24, 2.45) is 0 Å². The maximum absolute atomic E-state index is 12.5. The fraction of sp³-hybridized carbons (Fsp3) is 0.333. The van der Waals surface area contributed by atoms with Gasteiger partial charge in [-0.15, -0.1) is 0 Å². The van der Waals surface area contributed by atoms with E-state index >= 15 is 0 Å². The zero-order valence-electron chi connectivity index (χ0n) is 11.5. The smallest absolute Gasteiger partial charge is 0.260 e. The van der Waals surface area contributed by atoms with Crippen LogP contribution in [-0.4, -0.2) is 44.8 Å². The Hall–Kier alpha value is -2.24. The van der Waals surface area contributed by atoms with E-state index in [1.54, 1.807) is 18.2 Å². The number of hydrogen-bond acceptors (Lipinski definition) is 6. The largest absolute Gasteiger partial charge is 0.394 e. The van der Waals surface area contributed by atoms with Crippen LogP contribution in [0.2, 0.25) is 0 Å². The maximum atomic E-state index is 12.5. The van der Waals surface area contributed by atoms with E-state index in [1.165, 1.54) is 12.3 Å². The maximum Gasteiger partial charge on any atom is 0.260 e. The molecule has 0 bridgehead atoms. The molecule has 0 aliphatic carbocycles. The average Bonchev–Trinajstić information content (AvgIpc) is 2.83. The molecule has 1 aliphatic heterocycles. The summed E-state index contributed by atoms with van der Waals surface area (Å²) in [6.07, 6.45) is -3.19. The van der Waals surface area contributed by atoms with Gasteiger partial charge in [-0.3, -0.25) is 9.36 Å². The molecule has 1 fully saturated rings. The lowest BCUT2D eigenvalue weighted by Crippen LogP contribution is -2.35. The number of rotatable bonds is 2. The third-order valence-corrected chi connectivity index (χ3v) is 3.85. The van der Waals surface area contributed by atoms with E-state index < -0.39 is 36.7 Å². The first-order valence-electron chi connectivity index (χ1n) is 6.74. The summed E-state index contributed by atoms with van der Waals surface area (Å²) in [7, 11) is 0. The molecule has 0 amide bonds. The molecule has 1 aliphatic rings. The molecule has 0 unspecified atom stereocenters. The molecular formula is C15H14N2O5. The van der Waals surface area contributed by atoms with Crippen molar-refractivity contribution in [2.45, 2.75) is 24.5 Å². The number of pyridine rings is 1. The Labute approximate surface area is 125 Å². The lowest BCUT2D eigenvalue weighted by Gasteiger charge is -2.18. The number of hydrogen-bond donors (Lipinski definition) is 3. The topological polar surface area (TPSA) is 116 Å². The number of nitriles is 1. The molecule has 2 aromatic rings. The van der Waals surface area contributed by atoms with Crippen LogP contribution in [0, 0.1) is 11.3 Å². The summed E-state index contributed by atoms with van der Waals surface area (Å²) in [5.74, 6) is 0. The highest BCUT2D eigenvalue weighted by molar-refractivity contribution is 5.82. The van der Waals surface area contributed by atoms with Crippen LogP contribution in [-0.2, 0) is 4.74 Å². The van der Waals surface area contributed by atoms with E-state index in [2.05, 4.69) is 0 Å². The molecule has 1 aromatic heterocycles. The van der Waals surface area contributed by atoms with Crippen molar-refractivity contribution < 1.29 is 20.1 Å². The minimum Gasteiger partial charge on any atom is -0.394 e. The van der Waals surface area contributed by atoms with Crippen molar-refractivity contribution in [3.05, 3.63) is 46.4 Å². The summed E-state index contributed by atoms with van der Waals surface area (Å²) in [5, 5.41) is 38.8. The molecule has 3 rings (SSSR count). The van der Waals surface area contributed by atoms with Gasteiger partial charge in [-0.05, 0) is 23.6 Å². The number of aromatic nitrogens is 1. The molecule has 7 heteroatoms. The van der Waals surface area contributed by atoms with Gasteiger partial charge in [0.25, 0.3) is 5.56 Å². The molecule has 3 N–H and O–H groups in total. The number of benzene rings is 1. The fourth-order valence-corrected chi connectivity index (χ4v) is 2.63. The van der Waals surface area contributed by atoms with Crippen molar-refractivity contribution in [3.63, 3.8) is 0 Å². The Morgan fingerprint density at radius 2 is 2.05 bits per heavy atom. The zero-order chi connectivity index (χ0) is 15.9. The second-order valence-electron chi connectivity index (χ2n) is 5.17. The monoisotopic (exact) mass is 302 g/mol. The Morgan fingerprint density at radius 1 is 1.27 bits per heavy atom. The Bertz CT molecular complexity index is 810. The van der Waals surface area contributed by atoms with Gasteiger partial charge in [-0.1, -0.05) is 6.07 Å². The van der Waals surface area contributed by atoms with Crippen molar-refractivity contribution in [1.29, 1.82) is 5.26 Å². The third-order valence-electron chi connectivity index (χ3n) is 3.85. The highest BCUT2D eigenvalue weighted by atomic mass is 16.6. The number of fused-ring (bicyclic) bond motifs is 1. The van der Waals surface area contributed by atoms with Gasteiger partial charge in [-0.25, -0.2) is 0 Å². The number of aliphatic hydroxyl groups is 3. The molecule has 1 aromatic carbocycles. The van der Waals surface area contributed by atoms with Crippen molar-refractivity contribution >= 4 is 10.8 Å². The lowest BCUT2D eigenvalue weighted by atomic mass is 10.1. The molecule has 1 saturated heterocycles. The van der Waals surface area contributed by atoms with Crippen molar-refractivity contribution in [3.8, 4) is 6.07 Å². The normalized spacial score (nSPS) is 27.9. The summed E-state index contributed by atoms with van der Waals surface area (Å²) in [5.41, 5.74) is -0.0899. The predicted octanol–water partition coefficient (Wildman–Crippen LogP) is -0.515. The molecule has 0 radical (unpaired) electrons. The molecule has 4 atom stereocenters. The van der Waals surface area contributed by atoms with Crippen LogP contribution in [0.5, 0.6) is 0 Å². The number of ether oxygens (including phenoxy) is 1. The minimum absolute atomic E-state index is 0.319. The van der Waals surface area contributed by atoms with Gasteiger partial charge < -0.3 is 20.1 Å². The summed E-state index contributed by atoms with van der Waals surface area (Å²) in [6.45, 7) is -0.463. The van der Waals surface area contributed by atoms with E-state index in [-0.39, 0.29) is 0 Å². The summed E-state index contributed by atoms with van der Waals surface area (Å²) in [6, 6.07) is 8.37.